The molecule has 2 aromatic carbocycles. The molecular formula is C27H31FN4O7S2. The van der Waals surface area contributed by atoms with Gasteiger partial charge in [0, 0.05) is 18.3 Å². The normalized spacial score (nSPS) is 24.1. The summed E-state index contributed by atoms with van der Waals surface area (Å²) in [7, 11) is -7.90. The number of hydrogen-bond acceptors (Lipinski definition) is 8. The zero-order chi connectivity index (χ0) is 29.5. The first-order valence-electron chi connectivity index (χ1n) is 13.3. The van der Waals surface area contributed by atoms with Crippen LogP contribution >= 0.6 is 0 Å². The summed E-state index contributed by atoms with van der Waals surface area (Å²) in [5.74, 6) is -1.68. The first-order valence-corrected chi connectivity index (χ1v) is 16.6. The number of halogens is 1. The molecule has 2 bridgehead atoms. The lowest BCUT2D eigenvalue weighted by molar-refractivity contribution is -0.154. The van der Waals surface area contributed by atoms with Gasteiger partial charge in [-0.25, -0.2) is 12.8 Å². The van der Waals surface area contributed by atoms with E-state index in [-0.39, 0.29) is 53.1 Å². The van der Waals surface area contributed by atoms with Gasteiger partial charge in [-0.3, -0.25) is 14.3 Å². The van der Waals surface area contributed by atoms with Crippen molar-refractivity contribution in [1.82, 2.24) is 4.90 Å². The Bertz CT molecular complexity index is 1610. The minimum atomic E-state index is -4.26. The van der Waals surface area contributed by atoms with Crippen LogP contribution in [0.5, 0.6) is 0 Å². The van der Waals surface area contributed by atoms with E-state index in [2.05, 4.69) is 14.4 Å². The number of ether oxygens (including phenoxy) is 1. The van der Waals surface area contributed by atoms with Crippen molar-refractivity contribution in [3.8, 4) is 0 Å². The maximum Gasteiger partial charge on any atom is 0.311 e. The van der Waals surface area contributed by atoms with Gasteiger partial charge in [0.2, 0.25) is 15.9 Å². The third kappa shape index (κ3) is 6.22. The number of esters is 1. The Labute approximate surface area is 238 Å². The fourth-order valence-electron chi connectivity index (χ4n) is 6.24. The van der Waals surface area contributed by atoms with E-state index >= 15 is 0 Å². The summed E-state index contributed by atoms with van der Waals surface area (Å²) in [5, 5.41) is 2.88. The Hall–Kier alpha value is -3.52. The Kier molecular flexibility index (Phi) is 7.81. The summed E-state index contributed by atoms with van der Waals surface area (Å²) in [4.78, 5) is 28.3. The Morgan fingerprint density at radius 1 is 1.15 bits per heavy atom. The molecule has 1 aliphatic heterocycles. The summed E-state index contributed by atoms with van der Waals surface area (Å²) in [5.41, 5.74) is 0.863. The molecular weight excluding hydrogens is 575 g/mol. The van der Waals surface area contributed by atoms with E-state index in [4.69, 9.17) is 4.74 Å². The van der Waals surface area contributed by atoms with Crippen LogP contribution in [0.4, 0.5) is 15.8 Å². The predicted octanol–water partition coefficient (Wildman–Crippen LogP) is 3.11. The molecule has 2 aromatic rings. The summed E-state index contributed by atoms with van der Waals surface area (Å²) in [6, 6.07) is 9.22. The molecule has 0 aromatic heterocycles. The summed E-state index contributed by atoms with van der Waals surface area (Å²) < 4.78 is 74.2. The molecule has 11 nitrogen and oxygen atoms in total. The average molecular weight is 607 g/mol. The molecule has 1 amide bonds. The Morgan fingerprint density at radius 2 is 1.85 bits per heavy atom. The molecule has 3 aliphatic rings. The van der Waals surface area contributed by atoms with Crippen molar-refractivity contribution in [3.63, 3.8) is 0 Å². The number of hydrogen-bond donors (Lipinski definition) is 2. The molecule has 4 atom stereocenters. The van der Waals surface area contributed by atoms with Gasteiger partial charge in [0.15, 0.2) is 0 Å². The second-order valence-corrected chi connectivity index (χ2v) is 14.0. The number of rotatable bonds is 9. The molecule has 5 rings (SSSR count). The van der Waals surface area contributed by atoms with Gasteiger partial charge in [0.05, 0.1) is 30.9 Å². The Morgan fingerprint density at radius 3 is 2.54 bits per heavy atom. The highest BCUT2D eigenvalue weighted by atomic mass is 32.2. The smallest absolute Gasteiger partial charge is 0.311 e. The molecule has 220 valence electrons. The number of amides is 1. The molecule has 0 saturated heterocycles. The first kappa shape index (κ1) is 29.0. The summed E-state index contributed by atoms with van der Waals surface area (Å²) in [6.07, 6.45) is 3.05. The van der Waals surface area contributed by atoms with E-state index in [1.165, 1.54) is 24.3 Å². The van der Waals surface area contributed by atoms with Crippen molar-refractivity contribution in [2.24, 2.45) is 22.2 Å². The summed E-state index contributed by atoms with van der Waals surface area (Å²) in [6.45, 7) is 2.04. The van der Waals surface area contributed by atoms with Crippen molar-refractivity contribution in [2.45, 2.75) is 50.1 Å². The zero-order valence-electron chi connectivity index (χ0n) is 22.5. The van der Waals surface area contributed by atoms with Crippen molar-refractivity contribution >= 4 is 49.1 Å². The fraction of sp³-hybridized carbons (Fsp3) is 0.444. The van der Waals surface area contributed by atoms with Crippen molar-refractivity contribution < 1.29 is 35.6 Å². The van der Waals surface area contributed by atoms with Crippen molar-refractivity contribution in [1.29, 1.82) is 0 Å². The topological polar surface area (TPSA) is 151 Å². The van der Waals surface area contributed by atoms with Crippen LogP contribution in [0.25, 0.3) is 0 Å². The molecule has 2 fully saturated rings. The molecule has 1 heterocycles. The van der Waals surface area contributed by atoms with E-state index in [1.54, 1.807) is 24.0 Å². The quantitative estimate of drug-likeness (QED) is 0.413. The lowest BCUT2D eigenvalue weighted by Gasteiger charge is -2.39. The number of carbonyl (C=O) groups excluding carboxylic acids is 2. The molecule has 2 aliphatic carbocycles. The number of sulfonamides is 2. The minimum absolute atomic E-state index is 0.0538. The van der Waals surface area contributed by atoms with Gasteiger partial charge in [-0.2, -0.15) is 8.42 Å². The number of fused-ring (bicyclic) bond motifs is 3. The van der Waals surface area contributed by atoms with Crippen LogP contribution in [-0.2, 0) is 40.9 Å². The highest BCUT2D eigenvalue weighted by Crippen LogP contribution is 2.51. The van der Waals surface area contributed by atoms with E-state index < -0.39 is 50.2 Å². The van der Waals surface area contributed by atoms with Gasteiger partial charge in [0.1, 0.15) is 16.5 Å². The van der Waals surface area contributed by atoms with Crippen LogP contribution in [0, 0.1) is 23.6 Å². The van der Waals surface area contributed by atoms with E-state index in [0.29, 0.717) is 5.56 Å². The number of nitrogens with one attached hydrogen (secondary N) is 2. The second-order valence-electron chi connectivity index (χ2n) is 10.6. The molecule has 2 unspecified atom stereocenters. The van der Waals surface area contributed by atoms with Crippen LogP contribution in [0.1, 0.15) is 38.2 Å². The minimum Gasteiger partial charge on any atom is -0.466 e. The van der Waals surface area contributed by atoms with Crippen LogP contribution in [0.15, 0.2) is 51.8 Å². The van der Waals surface area contributed by atoms with Crippen molar-refractivity contribution in [2.75, 3.05) is 22.9 Å². The van der Waals surface area contributed by atoms with Crippen LogP contribution in [0.2, 0.25) is 0 Å². The van der Waals surface area contributed by atoms with E-state index in [0.717, 1.165) is 31.6 Å². The maximum absolute atomic E-state index is 13.9. The predicted molar refractivity (Wildman–Crippen MR) is 149 cm³/mol. The van der Waals surface area contributed by atoms with E-state index in [1.807, 2.05) is 0 Å². The van der Waals surface area contributed by atoms with Gasteiger partial charge in [-0.1, -0.05) is 12.1 Å². The lowest BCUT2D eigenvalue weighted by Crippen LogP contribution is -2.50. The number of benzene rings is 2. The van der Waals surface area contributed by atoms with E-state index in [9.17, 15) is 30.8 Å². The lowest BCUT2D eigenvalue weighted by atomic mass is 9.83. The van der Waals surface area contributed by atoms with Gasteiger partial charge in [-0.15, -0.1) is 4.40 Å². The highest BCUT2D eigenvalue weighted by molar-refractivity contribution is 7.92. The third-order valence-electron chi connectivity index (χ3n) is 7.77. The molecule has 41 heavy (non-hydrogen) atoms. The van der Waals surface area contributed by atoms with Crippen molar-refractivity contribution in [3.05, 3.63) is 53.8 Å². The molecule has 2 saturated carbocycles. The number of carbonyl (C=O) groups is 2. The number of nitrogens with zero attached hydrogens (tertiary/aromatic N) is 2. The van der Waals surface area contributed by atoms with Crippen LogP contribution in [-0.4, -0.2) is 58.4 Å². The molecule has 14 heteroatoms. The molecule has 0 spiro atoms. The fourth-order valence-corrected chi connectivity index (χ4v) is 7.96. The van der Waals surface area contributed by atoms with Crippen LogP contribution in [0.3, 0.4) is 0 Å². The largest absolute Gasteiger partial charge is 0.466 e. The SMILES string of the molecule is CCOC(=O)C1C(N(Cc2ccc(F)cc2)C(=O)CC2=NS(=O)(=O)c3cc(NS(C)(=O)=O)ccc3N2)[C@@H]2CC[C@H]1C2. The monoisotopic (exact) mass is 606 g/mol. The third-order valence-corrected chi connectivity index (χ3v) is 9.73. The number of amidine groups is 1. The summed E-state index contributed by atoms with van der Waals surface area (Å²) >= 11 is 0. The van der Waals surface area contributed by atoms with Crippen LogP contribution < -0.4 is 10.0 Å². The first-order chi connectivity index (χ1) is 19.3. The molecule has 0 radical (unpaired) electrons. The Balaban J connectivity index is 1.44. The number of anilines is 2. The standard InChI is InChI=1S/C27H31FN4O7S2/c1-3-39-27(34)25-17-6-7-18(12-17)26(25)32(15-16-4-8-19(28)9-5-16)24(33)14-23-29-21-11-10-20(30-40(2,35)36)13-22(21)41(37,38)31-23/h4-5,8-11,13,17-18,25-26,30H,3,6-7,12,14-15H2,1-2H3,(H,29,31)/t17-,18+,25?,26?/m0/s1. The zero-order valence-corrected chi connectivity index (χ0v) is 24.2. The second kappa shape index (κ2) is 11.0. The van der Waals surface area contributed by atoms with Gasteiger partial charge >= 0.3 is 5.97 Å². The van der Waals surface area contributed by atoms with Gasteiger partial charge in [-0.05, 0) is 73.9 Å². The average Bonchev–Trinajstić information content (AvgIpc) is 3.50. The maximum atomic E-state index is 13.9. The van der Waals surface area contributed by atoms with Gasteiger partial charge < -0.3 is 15.0 Å². The van der Waals surface area contributed by atoms with Gasteiger partial charge in [0.25, 0.3) is 10.0 Å². The highest BCUT2D eigenvalue weighted by Gasteiger charge is 2.54. The molecule has 2 N–H and O–H groups in total.